The zero-order valence-corrected chi connectivity index (χ0v) is 11.4. The van der Waals surface area contributed by atoms with Gasteiger partial charge in [-0.25, -0.2) is 0 Å². The van der Waals surface area contributed by atoms with E-state index < -0.39 is 17.8 Å². The van der Waals surface area contributed by atoms with Crippen molar-refractivity contribution in [2.45, 2.75) is 31.0 Å². The van der Waals surface area contributed by atoms with Crippen molar-refractivity contribution in [2.75, 3.05) is 0 Å². The first-order valence-corrected chi connectivity index (χ1v) is 6.97. The maximum atomic E-state index is 12.8. The van der Waals surface area contributed by atoms with Crippen molar-refractivity contribution in [2.24, 2.45) is 5.73 Å². The standard InChI is InChI=1S/C17H16F3N/c18-17(19,20)13-6-3-5-12(10-13)16(21)15-9-8-11-4-1-2-7-14(11)15/h1-7,10,15-16H,8-9,21H2. The SMILES string of the molecule is NC(c1cccc(C(F)(F)F)c1)C1CCc2ccccc21. The molecule has 0 aromatic heterocycles. The van der Waals surface area contributed by atoms with E-state index >= 15 is 0 Å². The van der Waals surface area contributed by atoms with E-state index in [1.54, 1.807) is 6.07 Å². The lowest BCUT2D eigenvalue weighted by atomic mass is 9.88. The van der Waals surface area contributed by atoms with Gasteiger partial charge in [0.15, 0.2) is 0 Å². The molecule has 0 saturated heterocycles. The number of aryl methyl sites for hydroxylation is 1. The lowest BCUT2D eigenvalue weighted by molar-refractivity contribution is -0.137. The number of hydrogen-bond acceptors (Lipinski definition) is 1. The van der Waals surface area contributed by atoms with Gasteiger partial charge in [0.1, 0.15) is 0 Å². The van der Waals surface area contributed by atoms with Crippen LogP contribution in [0, 0.1) is 0 Å². The molecule has 2 aromatic carbocycles. The van der Waals surface area contributed by atoms with Crippen molar-refractivity contribution >= 4 is 0 Å². The van der Waals surface area contributed by atoms with Gasteiger partial charge in [0, 0.05) is 12.0 Å². The summed E-state index contributed by atoms with van der Waals surface area (Å²) < 4.78 is 38.4. The van der Waals surface area contributed by atoms with Crippen LogP contribution < -0.4 is 5.73 Å². The lowest BCUT2D eigenvalue weighted by Gasteiger charge is -2.21. The smallest absolute Gasteiger partial charge is 0.323 e. The summed E-state index contributed by atoms with van der Waals surface area (Å²) in [5.74, 6) is 0.0877. The molecule has 0 heterocycles. The van der Waals surface area contributed by atoms with Crippen LogP contribution in [-0.2, 0) is 12.6 Å². The molecule has 2 aromatic rings. The third-order valence-corrected chi connectivity index (χ3v) is 4.21. The first-order chi connectivity index (χ1) is 9.97. The number of halogens is 3. The van der Waals surface area contributed by atoms with Crippen molar-refractivity contribution in [1.82, 2.24) is 0 Å². The second-order valence-corrected chi connectivity index (χ2v) is 5.49. The summed E-state index contributed by atoms with van der Waals surface area (Å²) in [4.78, 5) is 0. The first-order valence-electron chi connectivity index (χ1n) is 6.97. The van der Waals surface area contributed by atoms with Crippen LogP contribution in [0.1, 0.15) is 40.6 Å². The van der Waals surface area contributed by atoms with Gasteiger partial charge in [0.05, 0.1) is 5.56 Å². The van der Waals surface area contributed by atoms with Gasteiger partial charge < -0.3 is 5.73 Å². The Balaban J connectivity index is 1.92. The van der Waals surface area contributed by atoms with E-state index in [9.17, 15) is 13.2 Å². The highest BCUT2D eigenvalue weighted by atomic mass is 19.4. The summed E-state index contributed by atoms with van der Waals surface area (Å²) >= 11 is 0. The number of alkyl halides is 3. The van der Waals surface area contributed by atoms with E-state index in [0.717, 1.165) is 18.9 Å². The van der Waals surface area contributed by atoms with Crippen molar-refractivity contribution in [3.05, 3.63) is 70.8 Å². The van der Waals surface area contributed by atoms with E-state index in [1.807, 2.05) is 18.2 Å². The Hall–Kier alpha value is -1.81. The molecule has 4 heteroatoms. The Bertz CT molecular complexity index is 648. The molecular formula is C17H16F3N. The molecule has 2 unspecified atom stereocenters. The molecule has 0 radical (unpaired) electrons. The summed E-state index contributed by atoms with van der Waals surface area (Å²) in [5.41, 5.74) is 8.59. The van der Waals surface area contributed by atoms with Crippen molar-refractivity contribution < 1.29 is 13.2 Å². The summed E-state index contributed by atoms with van der Waals surface area (Å²) in [7, 11) is 0. The number of rotatable bonds is 2. The molecule has 1 aliphatic rings. The summed E-state index contributed by atoms with van der Waals surface area (Å²) in [6.45, 7) is 0. The van der Waals surface area contributed by atoms with Crippen LogP contribution in [0.15, 0.2) is 48.5 Å². The second-order valence-electron chi connectivity index (χ2n) is 5.49. The lowest BCUT2D eigenvalue weighted by Crippen LogP contribution is -2.19. The minimum absolute atomic E-state index is 0.0877. The molecule has 0 amide bonds. The Morgan fingerprint density at radius 3 is 2.57 bits per heavy atom. The molecule has 0 spiro atoms. The van der Waals surface area contributed by atoms with Gasteiger partial charge >= 0.3 is 6.18 Å². The Labute approximate surface area is 121 Å². The van der Waals surface area contributed by atoms with Crippen LogP contribution >= 0.6 is 0 Å². The van der Waals surface area contributed by atoms with Crippen LogP contribution in [0.25, 0.3) is 0 Å². The van der Waals surface area contributed by atoms with Crippen LogP contribution in [0.3, 0.4) is 0 Å². The van der Waals surface area contributed by atoms with Crippen LogP contribution in [-0.4, -0.2) is 0 Å². The fourth-order valence-corrected chi connectivity index (χ4v) is 3.12. The van der Waals surface area contributed by atoms with E-state index in [1.165, 1.54) is 23.3 Å². The second kappa shape index (κ2) is 5.19. The van der Waals surface area contributed by atoms with Gasteiger partial charge in [0.2, 0.25) is 0 Å². The number of fused-ring (bicyclic) bond motifs is 1. The monoisotopic (exact) mass is 291 g/mol. The largest absolute Gasteiger partial charge is 0.416 e. The topological polar surface area (TPSA) is 26.0 Å². The van der Waals surface area contributed by atoms with Crippen LogP contribution in [0.2, 0.25) is 0 Å². The van der Waals surface area contributed by atoms with Gasteiger partial charge in [-0.15, -0.1) is 0 Å². The number of benzene rings is 2. The molecule has 0 aliphatic heterocycles. The zero-order chi connectivity index (χ0) is 15.0. The average molecular weight is 291 g/mol. The predicted octanol–water partition coefficient (Wildman–Crippen LogP) is 4.44. The first kappa shape index (κ1) is 14.1. The van der Waals surface area contributed by atoms with Gasteiger partial charge in [-0.2, -0.15) is 13.2 Å². The highest BCUT2D eigenvalue weighted by Gasteiger charge is 2.32. The fraction of sp³-hybridized carbons (Fsp3) is 0.294. The van der Waals surface area contributed by atoms with E-state index in [4.69, 9.17) is 5.73 Å². The zero-order valence-electron chi connectivity index (χ0n) is 11.4. The van der Waals surface area contributed by atoms with E-state index in [2.05, 4.69) is 6.07 Å². The van der Waals surface area contributed by atoms with Gasteiger partial charge in [-0.3, -0.25) is 0 Å². The highest BCUT2D eigenvalue weighted by molar-refractivity contribution is 5.39. The minimum atomic E-state index is -4.33. The predicted molar refractivity (Wildman–Crippen MR) is 75.9 cm³/mol. The summed E-state index contributed by atoms with van der Waals surface area (Å²) in [6.07, 6.45) is -2.51. The Morgan fingerprint density at radius 2 is 1.81 bits per heavy atom. The fourth-order valence-electron chi connectivity index (χ4n) is 3.12. The third-order valence-electron chi connectivity index (χ3n) is 4.21. The van der Waals surface area contributed by atoms with Crippen molar-refractivity contribution in [1.29, 1.82) is 0 Å². The third kappa shape index (κ3) is 2.68. The normalized spacial score (nSPS) is 19.3. The van der Waals surface area contributed by atoms with Crippen LogP contribution in [0.5, 0.6) is 0 Å². The summed E-state index contributed by atoms with van der Waals surface area (Å²) in [5, 5.41) is 0. The average Bonchev–Trinajstić information content (AvgIpc) is 2.90. The van der Waals surface area contributed by atoms with Gasteiger partial charge in [-0.05, 0) is 41.7 Å². The molecule has 0 saturated carbocycles. The minimum Gasteiger partial charge on any atom is -0.323 e. The van der Waals surface area contributed by atoms with Crippen molar-refractivity contribution in [3.8, 4) is 0 Å². The molecule has 1 aliphatic carbocycles. The van der Waals surface area contributed by atoms with Crippen LogP contribution in [0.4, 0.5) is 13.2 Å². The molecule has 1 nitrogen and oxygen atoms in total. The maximum Gasteiger partial charge on any atom is 0.416 e. The molecular weight excluding hydrogens is 275 g/mol. The van der Waals surface area contributed by atoms with E-state index in [-0.39, 0.29) is 5.92 Å². The highest BCUT2D eigenvalue weighted by Crippen LogP contribution is 2.41. The van der Waals surface area contributed by atoms with Gasteiger partial charge in [-0.1, -0.05) is 36.4 Å². The van der Waals surface area contributed by atoms with Crippen molar-refractivity contribution in [3.63, 3.8) is 0 Å². The molecule has 3 rings (SSSR count). The molecule has 110 valence electrons. The maximum absolute atomic E-state index is 12.8. The van der Waals surface area contributed by atoms with E-state index in [0.29, 0.717) is 5.56 Å². The molecule has 2 atom stereocenters. The molecule has 0 bridgehead atoms. The quantitative estimate of drug-likeness (QED) is 0.870. The number of hydrogen-bond donors (Lipinski definition) is 1. The molecule has 21 heavy (non-hydrogen) atoms. The Kier molecular flexibility index (Phi) is 3.49. The van der Waals surface area contributed by atoms with Gasteiger partial charge in [0.25, 0.3) is 0 Å². The molecule has 0 fully saturated rings. The number of nitrogens with two attached hydrogens (primary N) is 1. The Morgan fingerprint density at radius 1 is 1.05 bits per heavy atom. The summed E-state index contributed by atoms with van der Waals surface area (Å²) in [6, 6.07) is 13.0. The molecule has 2 N–H and O–H groups in total.